The molecule has 4 heteroatoms. The van der Waals surface area contributed by atoms with Gasteiger partial charge >= 0.3 is 6.09 Å². The molecular weight excluding hydrogens is 240 g/mol. The highest BCUT2D eigenvalue weighted by Gasteiger charge is 2.39. The van der Waals surface area contributed by atoms with Gasteiger partial charge in [0.25, 0.3) is 0 Å². The highest BCUT2D eigenvalue weighted by Crippen LogP contribution is 2.39. The topological polar surface area (TPSA) is 41.6 Å². The van der Waals surface area contributed by atoms with Crippen LogP contribution < -0.4 is 5.32 Å². The van der Waals surface area contributed by atoms with E-state index in [1.807, 2.05) is 25.7 Å². The van der Waals surface area contributed by atoms with Gasteiger partial charge in [0.05, 0.1) is 0 Å². The zero-order chi connectivity index (χ0) is 14.1. The zero-order valence-corrected chi connectivity index (χ0v) is 12.8. The van der Waals surface area contributed by atoms with E-state index in [9.17, 15) is 4.79 Å². The molecule has 2 aliphatic heterocycles. The Balaban J connectivity index is 1.84. The standard InChI is InChI=1S/C15H28N2O2/c1-14(2,3)19-13(18)17-9-5-12(6-10-17)15(4)7-8-16-11-15/h12,16H,5-11H2,1-4H3. The first-order valence-electron chi connectivity index (χ1n) is 7.49. The van der Waals surface area contributed by atoms with Gasteiger partial charge in [0.15, 0.2) is 0 Å². The van der Waals surface area contributed by atoms with E-state index in [4.69, 9.17) is 4.74 Å². The zero-order valence-electron chi connectivity index (χ0n) is 12.8. The van der Waals surface area contributed by atoms with Crippen molar-refractivity contribution in [1.29, 1.82) is 0 Å². The largest absolute Gasteiger partial charge is 0.444 e. The molecule has 2 rings (SSSR count). The van der Waals surface area contributed by atoms with Gasteiger partial charge in [-0.05, 0) is 57.9 Å². The van der Waals surface area contributed by atoms with Crippen LogP contribution in [-0.4, -0.2) is 42.8 Å². The first-order valence-corrected chi connectivity index (χ1v) is 7.49. The molecule has 0 aromatic heterocycles. The lowest BCUT2D eigenvalue weighted by Crippen LogP contribution is -2.45. The number of hydrogen-bond acceptors (Lipinski definition) is 3. The van der Waals surface area contributed by atoms with Gasteiger partial charge in [0.2, 0.25) is 0 Å². The van der Waals surface area contributed by atoms with Crippen molar-refractivity contribution < 1.29 is 9.53 Å². The summed E-state index contributed by atoms with van der Waals surface area (Å²) >= 11 is 0. The van der Waals surface area contributed by atoms with Gasteiger partial charge in [0.1, 0.15) is 5.60 Å². The second-order valence-electron chi connectivity index (χ2n) is 7.32. The fourth-order valence-electron chi connectivity index (χ4n) is 3.27. The summed E-state index contributed by atoms with van der Waals surface area (Å²) in [4.78, 5) is 13.9. The van der Waals surface area contributed by atoms with Crippen LogP contribution in [0.3, 0.4) is 0 Å². The number of carbonyl (C=O) groups excluding carboxylic acids is 1. The molecule has 2 fully saturated rings. The molecular formula is C15H28N2O2. The van der Waals surface area contributed by atoms with Crippen molar-refractivity contribution in [2.45, 2.75) is 52.6 Å². The Morgan fingerprint density at radius 3 is 2.42 bits per heavy atom. The molecule has 2 heterocycles. The summed E-state index contributed by atoms with van der Waals surface area (Å²) in [5.41, 5.74) is 0.0370. The fourth-order valence-corrected chi connectivity index (χ4v) is 3.27. The van der Waals surface area contributed by atoms with Crippen LogP contribution in [0.2, 0.25) is 0 Å². The maximum Gasteiger partial charge on any atom is 0.410 e. The van der Waals surface area contributed by atoms with Crippen molar-refractivity contribution in [3.8, 4) is 0 Å². The number of nitrogens with zero attached hydrogens (tertiary/aromatic N) is 1. The van der Waals surface area contributed by atoms with E-state index < -0.39 is 5.60 Å². The minimum absolute atomic E-state index is 0.152. The third-order valence-electron chi connectivity index (χ3n) is 4.53. The van der Waals surface area contributed by atoms with Gasteiger partial charge in [0, 0.05) is 19.6 Å². The van der Waals surface area contributed by atoms with E-state index in [2.05, 4.69) is 12.2 Å². The van der Waals surface area contributed by atoms with Crippen molar-refractivity contribution in [1.82, 2.24) is 10.2 Å². The maximum atomic E-state index is 12.0. The average molecular weight is 268 g/mol. The van der Waals surface area contributed by atoms with Gasteiger partial charge in [-0.25, -0.2) is 4.79 Å². The molecule has 0 aromatic carbocycles. The van der Waals surface area contributed by atoms with Crippen LogP contribution in [-0.2, 0) is 4.74 Å². The molecule has 0 radical (unpaired) electrons. The van der Waals surface area contributed by atoms with E-state index >= 15 is 0 Å². The van der Waals surface area contributed by atoms with Crippen molar-refractivity contribution in [3.05, 3.63) is 0 Å². The third kappa shape index (κ3) is 3.62. The number of hydrogen-bond donors (Lipinski definition) is 1. The molecule has 0 spiro atoms. The van der Waals surface area contributed by atoms with E-state index in [1.165, 1.54) is 6.42 Å². The second kappa shape index (κ2) is 5.31. The highest BCUT2D eigenvalue weighted by atomic mass is 16.6. The molecule has 110 valence electrons. The third-order valence-corrected chi connectivity index (χ3v) is 4.53. The molecule has 1 atom stereocenters. The van der Waals surface area contributed by atoms with Crippen molar-refractivity contribution in [2.24, 2.45) is 11.3 Å². The lowest BCUT2D eigenvalue weighted by molar-refractivity contribution is 0.0118. The molecule has 2 saturated heterocycles. The summed E-state index contributed by atoms with van der Waals surface area (Å²) in [7, 11) is 0. The first kappa shape index (κ1) is 14.6. The number of likely N-dealkylation sites (tertiary alicyclic amines) is 1. The molecule has 2 aliphatic rings. The smallest absolute Gasteiger partial charge is 0.410 e. The average Bonchev–Trinajstić information content (AvgIpc) is 2.75. The number of carbonyl (C=O) groups is 1. The lowest BCUT2D eigenvalue weighted by Gasteiger charge is -2.40. The normalized spacial score (nSPS) is 29.6. The Morgan fingerprint density at radius 2 is 1.95 bits per heavy atom. The minimum Gasteiger partial charge on any atom is -0.444 e. The van der Waals surface area contributed by atoms with Crippen molar-refractivity contribution in [2.75, 3.05) is 26.2 Å². The van der Waals surface area contributed by atoms with Gasteiger partial charge in [-0.2, -0.15) is 0 Å². The molecule has 19 heavy (non-hydrogen) atoms. The maximum absolute atomic E-state index is 12.0. The Hall–Kier alpha value is -0.770. The first-order chi connectivity index (χ1) is 8.80. The monoisotopic (exact) mass is 268 g/mol. The molecule has 0 aromatic rings. The molecule has 0 bridgehead atoms. The van der Waals surface area contributed by atoms with E-state index in [-0.39, 0.29) is 6.09 Å². The summed E-state index contributed by atoms with van der Waals surface area (Å²) in [6.07, 6.45) is 3.33. The molecule has 0 saturated carbocycles. The predicted molar refractivity (Wildman–Crippen MR) is 76.1 cm³/mol. The van der Waals surface area contributed by atoms with Crippen LogP contribution in [0.25, 0.3) is 0 Å². The van der Waals surface area contributed by atoms with Crippen LogP contribution in [0.1, 0.15) is 47.0 Å². The van der Waals surface area contributed by atoms with Crippen LogP contribution in [0, 0.1) is 11.3 Å². The summed E-state index contributed by atoms with van der Waals surface area (Å²) in [6.45, 7) is 12.1. The van der Waals surface area contributed by atoms with Gasteiger partial charge in [-0.15, -0.1) is 0 Å². The predicted octanol–water partition coefficient (Wildman–Crippen LogP) is 2.63. The quantitative estimate of drug-likeness (QED) is 0.795. The molecule has 1 amide bonds. The van der Waals surface area contributed by atoms with E-state index in [1.54, 1.807) is 0 Å². The Kier molecular flexibility index (Phi) is 4.09. The van der Waals surface area contributed by atoms with E-state index in [0.29, 0.717) is 5.41 Å². The van der Waals surface area contributed by atoms with Gasteiger partial charge < -0.3 is 15.0 Å². The molecule has 0 aliphatic carbocycles. The number of nitrogens with one attached hydrogen (secondary N) is 1. The van der Waals surface area contributed by atoms with Gasteiger partial charge in [-0.1, -0.05) is 6.92 Å². The summed E-state index contributed by atoms with van der Waals surface area (Å²) in [5, 5.41) is 3.47. The molecule has 4 nitrogen and oxygen atoms in total. The highest BCUT2D eigenvalue weighted by molar-refractivity contribution is 5.68. The van der Waals surface area contributed by atoms with Crippen LogP contribution in [0.15, 0.2) is 0 Å². The van der Waals surface area contributed by atoms with Crippen LogP contribution >= 0.6 is 0 Å². The molecule has 1 unspecified atom stereocenters. The number of rotatable bonds is 1. The number of amides is 1. The Morgan fingerprint density at radius 1 is 1.32 bits per heavy atom. The van der Waals surface area contributed by atoms with Crippen LogP contribution in [0.4, 0.5) is 4.79 Å². The number of piperidine rings is 1. The minimum atomic E-state index is -0.394. The second-order valence-corrected chi connectivity index (χ2v) is 7.32. The van der Waals surface area contributed by atoms with E-state index in [0.717, 1.165) is 44.9 Å². The summed E-state index contributed by atoms with van der Waals surface area (Å²) in [6, 6.07) is 0. The van der Waals surface area contributed by atoms with Crippen molar-refractivity contribution in [3.63, 3.8) is 0 Å². The summed E-state index contributed by atoms with van der Waals surface area (Å²) < 4.78 is 5.44. The Labute approximate surface area is 116 Å². The SMILES string of the molecule is CC(C)(C)OC(=O)N1CCC(C2(C)CCNC2)CC1. The fraction of sp³-hybridized carbons (Fsp3) is 0.933. The number of ether oxygens (including phenoxy) is 1. The Bertz CT molecular complexity index is 322. The van der Waals surface area contributed by atoms with Crippen molar-refractivity contribution >= 4 is 6.09 Å². The van der Waals surface area contributed by atoms with Gasteiger partial charge in [-0.3, -0.25) is 0 Å². The van der Waals surface area contributed by atoms with Crippen LogP contribution in [0.5, 0.6) is 0 Å². The summed E-state index contributed by atoms with van der Waals surface area (Å²) in [5.74, 6) is 0.737. The lowest BCUT2D eigenvalue weighted by atomic mass is 9.72. The molecule has 1 N–H and O–H groups in total.